The lowest BCUT2D eigenvalue weighted by atomic mass is 10.1. The average molecular weight is 507 g/mol. The Kier molecular flexibility index (Phi) is 11.5. The third-order valence-corrected chi connectivity index (χ3v) is 5.05. The predicted octanol–water partition coefficient (Wildman–Crippen LogP) is 4.01. The van der Waals surface area contributed by atoms with Crippen LogP contribution in [0.4, 0.5) is 11.4 Å². The molecule has 0 saturated heterocycles. The molecule has 12 heteroatoms. The summed E-state index contributed by atoms with van der Waals surface area (Å²) in [4.78, 5) is 34.2. The highest BCUT2D eigenvalue weighted by Crippen LogP contribution is 2.30. The molecule has 196 valence electrons. The van der Waals surface area contributed by atoms with Crippen molar-refractivity contribution in [2.24, 2.45) is 0 Å². The van der Waals surface area contributed by atoms with Gasteiger partial charge in [0.2, 0.25) is 0 Å². The first-order valence-electron chi connectivity index (χ1n) is 11.3. The second-order valence-electron chi connectivity index (χ2n) is 7.61. The Hall–Kier alpha value is -3.77. The van der Waals surface area contributed by atoms with Gasteiger partial charge in [-0.3, -0.25) is 20.2 Å². The zero-order valence-electron chi connectivity index (χ0n) is 20.5. The van der Waals surface area contributed by atoms with E-state index in [2.05, 4.69) is 0 Å². The molecule has 0 atom stereocenters. The van der Waals surface area contributed by atoms with Crippen LogP contribution in [0.15, 0.2) is 36.4 Å². The van der Waals surface area contributed by atoms with Gasteiger partial charge < -0.3 is 23.7 Å². The number of carbonyl (C=O) groups is 1. The van der Waals surface area contributed by atoms with Gasteiger partial charge >= 0.3 is 12.3 Å². The van der Waals surface area contributed by atoms with Gasteiger partial charge in [0.25, 0.3) is 11.4 Å². The fourth-order valence-electron chi connectivity index (χ4n) is 3.35. The molecule has 0 bridgehead atoms. The molecule has 0 fully saturated rings. The van der Waals surface area contributed by atoms with Crippen LogP contribution in [-0.2, 0) is 31.8 Å². The number of hydrogen-bond donors (Lipinski definition) is 0. The average Bonchev–Trinajstić information content (AvgIpc) is 2.85. The number of rotatable bonds is 16. The van der Waals surface area contributed by atoms with Gasteiger partial charge in [0.05, 0.1) is 16.5 Å². The lowest BCUT2D eigenvalue weighted by Gasteiger charge is -2.22. The normalized spacial score (nSPS) is 10.8. The molecular formula is C24H30N2O10. The third kappa shape index (κ3) is 8.47. The molecule has 2 rings (SSSR count). The second kappa shape index (κ2) is 14.6. The minimum atomic E-state index is -1.56. The fourth-order valence-corrected chi connectivity index (χ4v) is 3.35. The number of nitro benzene ring substituents is 2. The molecule has 0 aliphatic rings. The van der Waals surface area contributed by atoms with Gasteiger partial charge in [-0.1, -0.05) is 0 Å². The minimum absolute atomic E-state index is 0.0595. The summed E-state index contributed by atoms with van der Waals surface area (Å²) < 4.78 is 27.0. The van der Waals surface area contributed by atoms with Gasteiger partial charge in [0.1, 0.15) is 11.5 Å². The Bertz CT molecular complexity index is 970. The van der Waals surface area contributed by atoms with Crippen molar-refractivity contribution in [2.45, 2.75) is 38.9 Å². The number of carbonyl (C=O) groups excluding carboxylic acids is 1. The number of nitro groups is 2. The van der Waals surface area contributed by atoms with Crippen LogP contribution in [0.25, 0.3) is 0 Å². The molecule has 0 saturated carbocycles. The molecule has 0 aliphatic heterocycles. The quantitative estimate of drug-likeness (QED) is 0.107. The summed E-state index contributed by atoms with van der Waals surface area (Å²) in [6, 6.07) is 8.06. The van der Waals surface area contributed by atoms with E-state index in [4.69, 9.17) is 23.7 Å². The van der Waals surface area contributed by atoms with E-state index in [-0.39, 0.29) is 29.5 Å². The summed E-state index contributed by atoms with van der Waals surface area (Å²) in [5.41, 5.74) is 0.727. The maximum atomic E-state index is 12.7. The van der Waals surface area contributed by atoms with E-state index in [1.807, 2.05) is 0 Å². The van der Waals surface area contributed by atoms with Crippen LogP contribution < -0.4 is 9.47 Å². The highest BCUT2D eigenvalue weighted by atomic mass is 16.7. The number of aryl methyl sites for hydroxylation is 2. The molecule has 36 heavy (non-hydrogen) atoms. The van der Waals surface area contributed by atoms with Crippen molar-refractivity contribution in [1.82, 2.24) is 0 Å². The van der Waals surface area contributed by atoms with E-state index in [0.29, 0.717) is 50.0 Å². The molecule has 0 aliphatic carbocycles. The first-order valence-corrected chi connectivity index (χ1v) is 11.3. The first kappa shape index (κ1) is 28.5. The van der Waals surface area contributed by atoms with E-state index in [1.165, 1.54) is 36.4 Å². The van der Waals surface area contributed by atoms with E-state index in [9.17, 15) is 25.0 Å². The van der Waals surface area contributed by atoms with Gasteiger partial charge in [-0.05, 0) is 44.7 Å². The van der Waals surface area contributed by atoms with Crippen molar-refractivity contribution in [1.29, 1.82) is 0 Å². The third-order valence-electron chi connectivity index (χ3n) is 5.05. The van der Waals surface area contributed by atoms with E-state index >= 15 is 0 Å². The Morgan fingerprint density at radius 1 is 0.833 bits per heavy atom. The molecular weight excluding hydrogens is 476 g/mol. The molecule has 12 nitrogen and oxygen atoms in total. The maximum absolute atomic E-state index is 12.7. The maximum Gasteiger partial charge on any atom is 0.389 e. The van der Waals surface area contributed by atoms with Crippen LogP contribution >= 0.6 is 0 Å². The van der Waals surface area contributed by atoms with Gasteiger partial charge in [-0.25, -0.2) is 4.79 Å². The number of benzene rings is 2. The lowest BCUT2D eigenvalue weighted by Crippen LogP contribution is -2.35. The zero-order valence-corrected chi connectivity index (χ0v) is 20.5. The largest absolute Gasteiger partial charge is 0.460 e. The van der Waals surface area contributed by atoms with Gasteiger partial charge in [-0.2, -0.15) is 0 Å². The number of hydrogen-bond acceptors (Lipinski definition) is 10. The SMILES string of the molecule is CCOC(=O)C(Oc1ccc([N+](=O)[O-])cc1CCCOC)Oc1ccc([N+](=O)[O-])cc1CCCOC. The van der Waals surface area contributed by atoms with Crippen LogP contribution in [0.1, 0.15) is 30.9 Å². The van der Waals surface area contributed by atoms with E-state index in [0.717, 1.165) is 0 Å². The van der Waals surface area contributed by atoms with Crippen molar-refractivity contribution < 1.29 is 38.3 Å². The predicted molar refractivity (Wildman–Crippen MR) is 128 cm³/mol. The topological polar surface area (TPSA) is 150 Å². The highest BCUT2D eigenvalue weighted by molar-refractivity contribution is 5.74. The summed E-state index contributed by atoms with van der Waals surface area (Å²) >= 11 is 0. The summed E-state index contributed by atoms with van der Waals surface area (Å²) in [6.07, 6.45) is 0.339. The van der Waals surface area contributed by atoms with Crippen molar-refractivity contribution in [3.05, 3.63) is 67.8 Å². The van der Waals surface area contributed by atoms with Crippen LogP contribution in [0.5, 0.6) is 11.5 Å². The Morgan fingerprint density at radius 3 is 1.64 bits per heavy atom. The summed E-state index contributed by atoms with van der Waals surface area (Å²) in [5, 5.41) is 22.5. The Morgan fingerprint density at radius 2 is 1.28 bits per heavy atom. The minimum Gasteiger partial charge on any atom is -0.460 e. The van der Waals surface area contributed by atoms with Crippen LogP contribution in [-0.4, -0.2) is 56.1 Å². The molecule has 2 aromatic rings. The lowest BCUT2D eigenvalue weighted by molar-refractivity contribution is -0.385. The van der Waals surface area contributed by atoms with Gasteiger partial charge in [-0.15, -0.1) is 0 Å². The molecule has 0 N–H and O–H groups in total. The van der Waals surface area contributed by atoms with Crippen molar-refractivity contribution >= 4 is 17.3 Å². The molecule has 0 radical (unpaired) electrons. The number of methoxy groups -OCH3 is 2. The van der Waals surface area contributed by atoms with Crippen LogP contribution in [0, 0.1) is 20.2 Å². The van der Waals surface area contributed by atoms with Gasteiger partial charge in [0, 0.05) is 62.8 Å². The Balaban J connectivity index is 2.40. The number of nitrogens with zero attached hydrogens (tertiary/aromatic N) is 2. The highest BCUT2D eigenvalue weighted by Gasteiger charge is 2.27. The van der Waals surface area contributed by atoms with Crippen molar-refractivity contribution in [3.63, 3.8) is 0 Å². The molecule has 2 aromatic carbocycles. The smallest absolute Gasteiger partial charge is 0.389 e. The number of non-ortho nitro benzene ring substituents is 2. The standard InChI is InChI=1S/C24H30N2O10/c1-4-34-23(27)24(35-21-11-9-19(25(28)29)15-17(21)7-5-13-32-2)36-22-12-10-20(26(30)31)16-18(22)8-6-14-33-3/h9-12,15-16,24H,4-8,13-14H2,1-3H3. The second-order valence-corrected chi connectivity index (χ2v) is 7.61. The number of ether oxygens (including phenoxy) is 5. The molecule has 0 spiro atoms. The first-order chi connectivity index (χ1) is 17.3. The van der Waals surface area contributed by atoms with E-state index in [1.54, 1.807) is 21.1 Å². The fraction of sp³-hybridized carbons (Fsp3) is 0.458. The van der Waals surface area contributed by atoms with Crippen molar-refractivity contribution in [3.8, 4) is 11.5 Å². The van der Waals surface area contributed by atoms with Crippen LogP contribution in [0.2, 0.25) is 0 Å². The van der Waals surface area contributed by atoms with Crippen LogP contribution in [0.3, 0.4) is 0 Å². The van der Waals surface area contributed by atoms with Crippen molar-refractivity contribution in [2.75, 3.05) is 34.0 Å². The van der Waals surface area contributed by atoms with E-state index < -0.39 is 22.1 Å². The Labute approximate surface area is 208 Å². The summed E-state index contributed by atoms with van der Waals surface area (Å²) in [6.45, 7) is 2.53. The zero-order chi connectivity index (χ0) is 26.5. The summed E-state index contributed by atoms with van der Waals surface area (Å²) in [7, 11) is 3.09. The number of esters is 1. The monoisotopic (exact) mass is 506 g/mol. The molecule has 0 heterocycles. The molecule has 0 amide bonds. The molecule has 0 aromatic heterocycles. The molecule has 0 unspecified atom stereocenters. The summed E-state index contributed by atoms with van der Waals surface area (Å²) in [5.74, 6) is -0.407. The van der Waals surface area contributed by atoms with Gasteiger partial charge in [0.15, 0.2) is 0 Å².